The minimum atomic E-state index is 0.0440. The summed E-state index contributed by atoms with van der Waals surface area (Å²) in [6.45, 7) is 2.26. The molecule has 0 fully saturated rings. The molecular formula is C23H35N3O. The smallest absolute Gasteiger partial charge is 0.248 e. The first-order valence-corrected chi connectivity index (χ1v) is 10.8. The second-order valence-corrected chi connectivity index (χ2v) is 7.36. The lowest BCUT2D eigenvalue weighted by Crippen LogP contribution is -2.12. The number of hydrogen-bond donors (Lipinski definition) is 0. The van der Waals surface area contributed by atoms with E-state index in [-0.39, 0.29) is 5.91 Å². The highest BCUT2D eigenvalue weighted by molar-refractivity contribution is 5.88. The molecule has 0 aliphatic carbocycles. The van der Waals surface area contributed by atoms with Gasteiger partial charge in [0, 0.05) is 6.42 Å². The fourth-order valence-electron chi connectivity index (χ4n) is 3.33. The minimum Gasteiger partial charge on any atom is -0.273 e. The maximum absolute atomic E-state index is 12.3. The van der Waals surface area contributed by atoms with E-state index in [2.05, 4.69) is 29.4 Å². The molecule has 0 N–H and O–H groups in total. The SMILES string of the molecule is CCCCCCCC/C=C/CCCCCCC(=O)n1nnc2ccccc21. The summed E-state index contributed by atoms with van der Waals surface area (Å²) >= 11 is 0. The maximum Gasteiger partial charge on any atom is 0.248 e. The molecule has 1 aromatic carbocycles. The van der Waals surface area contributed by atoms with Crippen LogP contribution in [0.25, 0.3) is 11.0 Å². The van der Waals surface area contributed by atoms with Gasteiger partial charge in [-0.1, -0.05) is 81.4 Å². The van der Waals surface area contributed by atoms with Crippen molar-refractivity contribution in [2.24, 2.45) is 0 Å². The van der Waals surface area contributed by atoms with Gasteiger partial charge in [0.2, 0.25) is 5.91 Å². The lowest BCUT2D eigenvalue weighted by atomic mass is 10.1. The first-order valence-electron chi connectivity index (χ1n) is 10.8. The summed E-state index contributed by atoms with van der Waals surface area (Å²) in [6.07, 6.45) is 20.3. The Balaban J connectivity index is 1.47. The zero-order chi connectivity index (χ0) is 19.2. The number of carbonyl (C=O) groups excluding carboxylic acids is 1. The van der Waals surface area contributed by atoms with Crippen LogP contribution in [0.5, 0.6) is 0 Å². The van der Waals surface area contributed by atoms with Crippen LogP contribution in [-0.4, -0.2) is 20.9 Å². The van der Waals surface area contributed by atoms with Crippen LogP contribution in [0.15, 0.2) is 36.4 Å². The van der Waals surface area contributed by atoms with Crippen LogP contribution in [0.4, 0.5) is 0 Å². The molecule has 4 nitrogen and oxygen atoms in total. The molecule has 1 heterocycles. The van der Waals surface area contributed by atoms with Gasteiger partial charge in [0.05, 0.1) is 5.52 Å². The van der Waals surface area contributed by atoms with Crippen molar-refractivity contribution in [1.29, 1.82) is 0 Å². The fourth-order valence-corrected chi connectivity index (χ4v) is 3.33. The molecule has 27 heavy (non-hydrogen) atoms. The van der Waals surface area contributed by atoms with Crippen molar-refractivity contribution in [1.82, 2.24) is 15.0 Å². The Hall–Kier alpha value is -1.97. The fraction of sp³-hybridized carbons (Fsp3) is 0.609. The molecular weight excluding hydrogens is 334 g/mol. The van der Waals surface area contributed by atoms with Crippen molar-refractivity contribution in [3.05, 3.63) is 36.4 Å². The largest absolute Gasteiger partial charge is 0.273 e. The lowest BCUT2D eigenvalue weighted by molar-refractivity contribution is 0.0886. The second kappa shape index (κ2) is 13.2. The molecule has 0 amide bonds. The van der Waals surface area contributed by atoms with Gasteiger partial charge in [0.25, 0.3) is 0 Å². The number of fused-ring (bicyclic) bond motifs is 1. The number of aromatic nitrogens is 3. The molecule has 2 rings (SSSR count). The number of hydrogen-bond acceptors (Lipinski definition) is 3. The first kappa shape index (κ1) is 21.3. The van der Waals surface area contributed by atoms with E-state index in [9.17, 15) is 4.79 Å². The van der Waals surface area contributed by atoms with E-state index in [1.807, 2.05) is 24.3 Å². The summed E-state index contributed by atoms with van der Waals surface area (Å²) < 4.78 is 1.44. The molecule has 0 aliphatic heterocycles. The number of para-hydroxylation sites is 1. The van der Waals surface area contributed by atoms with Gasteiger partial charge < -0.3 is 0 Å². The standard InChI is InChI=1S/C23H35N3O/c1-2-3-4-5-6-7-8-9-10-11-12-13-14-15-20-23(27)26-22-19-17-16-18-21(22)24-25-26/h9-10,16-19H,2-8,11-15,20H2,1H3/b10-9+. The van der Waals surface area contributed by atoms with Gasteiger partial charge in [0.1, 0.15) is 5.52 Å². The highest BCUT2D eigenvalue weighted by atomic mass is 16.2. The molecule has 0 spiro atoms. The molecule has 1 aromatic heterocycles. The first-order chi connectivity index (χ1) is 13.3. The van der Waals surface area contributed by atoms with Gasteiger partial charge in [-0.15, -0.1) is 5.10 Å². The van der Waals surface area contributed by atoms with Crippen molar-refractivity contribution in [3.63, 3.8) is 0 Å². The van der Waals surface area contributed by atoms with E-state index in [4.69, 9.17) is 0 Å². The summed E-state index contributed by atoms with van der Waals surface area (Å²) in [4.78, 5) is 12.3. The van der Waals surface area contributed by atoms with E-state index < -0.39 is 0 Å². The minimum absolute atomic E-state index is 0.0440. The van der Waals surface area contributed by atoms with E-state index in [0.717, 1.165) is 30.3 Å². The molecule has 0 saturated heterocycles. The van der Waals surface area contributed by atoms with Gasteiger partial charge in [-0.25, -0.2) is 0 Å². The molecule has 0 saturated carbocycles. The summed E-state index contributed by atoms with van der Waals surface area (Å²) in [7, 11) is 0. The van der Waals surface area contributed by atoms with Crippen molar-refractivity contribution in [2.45, 2.75) is 90.4 Å². The third-order valence-corrected chi connectivity index (χ3v) is 4.99. The molecule has 0 radical (unpaired) electrons. The maximum atomic E-state index is 12.3. The summed E-state index contributed by atoms with van der Waals surface area (Å²) in [5.41, 5.74) is 1.58. The number of rotatable bonds is 14. The van der Waals surface area contributed by atoms with E-state index in [1.54, 1.807) is 0 Å². The Labute approximate surface area is 164 Å². The molecule has 0 atom stereocenters. The molecule has 0 unspecified atom stereocenters. The van der Waals surface area contributed by atoms with Crippen molar-refractivity contribution in [2.75, 3.05) is 0 Å². The summed E-state index contributed by atoms with van der Waals surface area (Å²) in [5, 5.41) is 8.03. The third kappa shape index (κ3) is 8.06. The van der Waals surface area contributed by atoms with Crippen LogP contribution in [0, 0.1) is 0 Å². The van der Waals surface area contributed by atoms with Crippen LogP contribution in [0.3, 0.4) is 0 Å². The van der Waals surface area contributed by atoms with Crippen molar-refractivity contribution in [3.8, 4) is 0 Å². The number of benzene rings is 1. The molecule has 0 aliphatic rings. The predicted molar refractivity (Wildman–Crippen MR) is 113 cm³/mol. The molecule has 0 bridgehead atoms. The Morgan fingerprint density at radius 1 is 0.889 bits per heavy atom. The highest BCUT2D eigenvalue weighted by Gasteiger charge is 2.10. The monoisotopic (exact) mass is 369 g/mol. The van der Waals surface area contributed by atoms with Crippen molar-refractivity contribution >= 4 is 16.9 Å². The van der Waals surface area contributed by atoms with Gasteiger partial charge in [-0.3, -0.25) is 4.79 Å². The Morgan fingerprint density at radius 3 is 2.26 bits per heavy atom. The Kier molecular flexibility index (Phi) is 10.5. The zero-order valence-electron chi connectivity index (χ0n) is 16.9. The average Bonchev–Trinajstić information content (AvgIpc) is 3.12. The third-order valence-electron chi connectivity index (χ3n) is 4.99. The summed E-state index contributed by atoms with van der Waals surface area (Å²) in [5.74, 6) is 0.0440. The Bertz CT molecular complexity index is 690. The zero-order valence-corrected chi connectivity index (χ0v) is 16.9. The quantitative estimate of drug-likeness (QED) is 0.274. The van der Waals surface area contributed by atoms with Crippen LogP contribution < -0.4 is 0 Å². The van der Waals surface area contributed by atoms with Gasteiger partial charge >= 0.3 is 0 Å². The topological polar surface area (TPSA) is 47.8 Å². The van der Waals surface area contributed by atoms with Crippen molar-refractivity contribution < 1.29 is 4.79 Å². The van der Waals surface area contributed by atoms with E-state index >= 15 is 0 Å². The number of nitrogens with zero attached hydrogens (tertiary/aromatic N) is 3. The number of carbonyl (C=O) groups is 1. The predicted octanol–water partition coefficient (Wildman–Crippen LogP) is 6.72. The van der Waals surface area contributed by atoms with Gasteiger partial charge in [-0.2, -0.15) is 4.68 Å². The number of allylic oxidation sites excluding steroid dienone is 2. The second-order valence-electron chi connectivity index (χ2n) is 7.36. The molecule has 4 heteroatoms. The van der Waals surface area contributed by atoms with E-state index in [1.165, 1.54) is 62.5 Å². The normalized spacial score (nSPS) is 11.6. The Morgan fingerprint density at radius 2 is 1.52 bits per heavy atom. The van der Waals surface area contributed by atoms with Crippen LogP contribution >= 0.6 is 0 Å². The van der Waals surface area contributed by atoms with Crippen LogP contribution in [0.2, 0.25) is 0 Å². The van der Waals surface area contributed by atoms with Gasteiger partial charge in [-0.05, 0) is 44.2 Å². The molecule has 148 valence electrons. The summed E-state index contributed by atoms with van der Waals surface area (Å²) in [6, 6.07) is 7.60. The molecule has 2 aromatic rings. The lowest BCUT2D eigenvalue weighted by Gasteiger charge is -2.01. The van der Waals surface area contributed by atoms with Gasteiger partial charge in [0.15, 0.2) is 0 Å². The van der Waals surface area contributed by atoms with Crippen LogP contribution in [-0.2, 0) is 0 Å². The van der Waals surface area contributed by atoms with E-state index in [0.29, 0.717) is 6.42 Å². The highest BCUT2D eigenvalue weighted by Crippen LogP contribution is 2.13. The average molecular weight is 370 g/mol. The number of unbranched alkanes of at least 4 members (excludes halogenated alkanes) is 10. The van der Waals surface area contributed by atoms with Crippen LogP contribution in [0.1, 0.15) is 95.2 Å².